The van der Waals surface area contributed by atoms with Gasteiger partial charge in [-0.15, -0.1) is 11.3 Å². The minimum Gasteiger partial charge on any atom is -0.357 e. The average molecular weight is 422 g/mol. The molecule has 9 heteroatoms. The van der Waals surface area contributed by atoms with Crippen LogP contribution >= 0.6 is 11.3 Å². The van der Waals surface area contributed by atoms with E-state index in [4.69, 9.17) is 0 Å². The monoisotopic (exact) mass is 422 g/mol. The zero-order chi connectivity index (χ0) is 20.8. The Morgan fingerprint density at radius 1 is 1.31 bits per heavy atom. The maximum Gasteiger partial charge on any atom is 0.433 e. The highest BCUT2D eigenvalue weighted by molar-refractivity contribution is 7.11. The van der Waals surface area contributed by atoms with Gasteiger partial charge in [0.05, 0.1) is 28.2 Å². The molecule has 1 amide bonds. The van der Waals surface area contributed by atoms with E-state index in [0.29, 0.717) is 30.5 Å². The van der Waals surface area contributed by atoms with Crippen LogP contribution in [0, 0.1) is 13.8 Å². The number of H-pyrrole nitrogens is 1. The third kappa shape index (κ3) is 4.14. The van der Waals surface area contributed by atoms with Crippen molar-refractivity contribution in [3.8, 4) is 0 Å². The number of alkyl halides is 3. The predicted molar refractivity (Wildman–Crippen MR) is 105 cm³/mol. The predicted octanol–water partition coefficient (Wildman–Crippen LogP) is 4.60. The maximum absolute atomic E-state index is 12.9. The Balaban J connectivity index is 1.50. The number of thiazole rings is 1. The first-order valence-electron chi connectivity index (χ1n) is 9.48. The third-order valence-electron chi connectivity index (χ3n) is 5.31. The summed E-state index contributed by atoms with van der Waals surface area (Å²) in [6, 6.07) is 4.08. The first-order chi connectivity index (χ1) is 13.7. The number of hydrogen-bond donors (Lipinski definition) is 1. The molecule has 0 aromatic carbocycles. The fourth-order valence-corrected chi connectivity index (χ4v) is 4.78. The van der Waals surface area contributed by atoms with Crippen LogP contribution in [0.5, 0.6) is 0 Å². The van der Waals surface area contributed by atoms with Crippen LogP contribution in [0.15, 0.2) is 18.2 Å². The summed E-state index contributed by atoms with van der Waals surface area (Å²) in [6.45, 7) is 5.09. The molecule has 0 bridgehead atoms. The molecule has 1 aliphatic rings. The molecule has 1 unspecified atom stereocenters. The Kier molecular flexibility index (Phi) is 5.10. The normalized spacial score (nSPS) is 17.8. The van der Waals surface area contributed by atoms with Crippen molar-refractivity contribution in [1.82, 2.24) is 19.9 Å². The first kappa shape index (κ1) is 19.9. The van der Waals surface area contributed by atoms with Crippen LogP contribution in [-0.4, -0.2) is 38.8 Å². The highest BCUT2D eigenvalue weighted by Gasteiger charge is 2.33. The summed E-state index contributed by atoms with van der Waals surface area (Å²) in [5.41, 5.74) is 1.71. The zero-order valence-corrected chi connectivity index (χ0v) is 17.0. The molecule has 0 saturated carbocycles. The first-order valence-corrected chi connectivity index (χ1v) is 10.3. The van der Waals surface area contributed by atoms with Gasteiger partial charge in [0.2, 0.25) is 5.91 Å². The summed E-state index contributed by atoms with van der Waals surface area (Å²) >= 11 is 1.55. The zero-order valence-electron chi connectivity index (χ0n) is 16.1. The number of aromatic amines is 1. The molecule has 4 heterocycles. The Bertz CT molecular complexity index is 1060. The van der Waals surface area contributed by atoms with Gasteiger partial charge in [0.25, 0.3) is 0 Å². The molecule has 154 valence electrons. The minimum atomic E-state index is -4.47. The number of aryl methyl sites for hydroxylation is 2. The number of carbonyl (C=O) groups is 1. The van der Waals surface area contributed by atoms with Gasteiger partial charge in [-0.05, 0) is 44.9 Å². The van der Waals surface area contributed by atoms with Gasteiger partial charge in [-0.25, -0.2) is 9.97 Å². The van der Waals surface area contributed by atoms with E-state index >= 15 is 0 Å². The number of nitrogens with one attached hydrogen (secondary N) is 1. The highest BCUT2D eigenvalue weighted by Crippen LogP contribution is 2.32. The number of amides is 1. The van der Waals surface area contributed by atoms with Crippen LogP contribution in [0.3, 0.4) is 0 Å². The molecule has 1 aliphatic heterocycles. The van der Waals surface area contributed by atoms with Crippen molar-refractivity contribution in [1.29, 1.82) is 0 Å². The molecule has 1 fully saturated rings. The lowest BCUT2D eigenvalue weighted by molar-refractivity contribution is -0.141. The van der Waals surface area contributed by atoms with Gasteiger partial charge in [0, 0.05) is 29.6 Å². The fraction of sp³-hybridized carbons (Fsp3) is 0.450. The van der Waals surface area contributed by atoms with Crippen molar-refractivity contribution in [3.05, 3.63) is 45.2 Å². The number of piperidine rings is 1. The molecule has 29 heavy (non-hydrogen) atoms. The number of rotatable bonds is 3. The van der Waals surface area contributed by atoms with E-state index in [9.17, 15) is 18.0 Å². The SMILES string of the molecule is Cc1nc(C)c(CC(=O)N2CCCC(c3cc4nc(C(F)(F)F)ccc4[nH]3)C2)s1. The quantitative estimate of drug-likeness (QED) is 0.671. The second-order valence-corrected chi connectivity index (χ2v) is 8.74. The van der Waals surface area contributed by atoms with Gasteiger partial charge in [0.1, 0.15) is 5.69 Å². The number of carbonyl (C=O) groups excluding carboxylic acids is 1. The Morgan fingerprint density at radius 3 is 2.79 bits per heavy atom. The van der Waals surface area contributed by atoms with E-state index in [-0.39, 0.29) is 11.8 Å². The number of likely N-dealkylation sites (tertiary alicyclic amines) is 1. The highest BCUT2D eigenvalue weighted by atomic mass is 32.1. The fourth-order valence-electron chi connectivity index (χ4n) is 3.85. The molecule has 1 atom stereocenters. The molecular formula is C20H21F3N4OS. The summed E-state index contributed by atoms with van der Waals surface area (Å²) in [7, 11) is 0. The van der Waals surface area contributed by atoms with Gasteiger partial charge in [-0.1, -0.05) is 0 Å². The number of fused-ring (bicyclic) bond motifs is 1. The van der Waals surface area contributed by atoms with E-state index in [0.717, 1.165) is 40.2 Å². The van der Waals surface area contributed by atoms with Gasteiger partial charge in [-0.3, -0.25) is 4.79 Å². The van der Waals surface area contributed by atoms with E-state index in [2.05, 4.69) is 15.0 Å². The molecule has 1 saturated heterocycles. The standard InChI is InChI=1S/C20H21F3N4OS/c1-11-17(29-12(2)24-11)9-19(28)27-7-3-4-13(10-27)15-8-16-14(25-15)5-6-18(26-16)20(21,22)23/h5-6,8,13,25H,3-4,7,9-10H2,1-2H3. The summed E-state index contributed by atoms with van der Waals surface area (Å²) in [5.74, 6) is 0.121. The number of hydrogen-bond acceptors (Lipinski definition) is 4. The van der Waals surface area contributed by atoms with Crippen LogP contribution in [0.4, 0.5) is 13.2 Å². The van der Waals surface area contributed by atoms with Crippen molar-refractivity contribution >= 4 is 28.3 Å². The van der Waals surface area contributed by atoms with Crippen molar-refractivity contribution in [2.75, 3.05) is 13.1 Å². The summed E-state index contributed by atoms with van der Waals surface area (Å²) in [5, 5.41) is 0.950. The second-order valence-electron chi connectivity index (χ2n) is 7.45. The lowest BCUT2D eigenvalue weighted by Crippen LogP contribution is -2.40. The molecule has 0 spiro atoms. The number of halogens is 3. The van der Waals surface area contributed by atoms with E-state index in [1.54, 1.807) is 17.4 Å². The lowest BCUT2D eigenvalue weighted by atomic mass is 9.94. The van der Waals surface area contributed by atoms with Crippen LogP contribution in [-0.2, 0) is 17.4 Å². The Labute approximate surface area is 170 Å². The van der Waals surface area contributed by atoms with Gasteiger partial charge in [0.15, 0.2) is 0 Å². The summed E-state index contributed by atoms with van der Waals surface area (Å²) in [4.78, 5) is 26.9. The Hall–Kier alpha value is -2.42. The maximum atomic E-state index is 12.9. The largest absolute Gasteiger partial charge is 0.433 e. The van der Waals surface area contributed by atoms with Crippen molar-refractivity contribution in [2.24, 2.45) is 0 Å². The number of aromatic nitrogens is 3. The summed E-state index contributed by atoms with van der Waals surface area (Å²) < 4.78 is 38.7. The molecule has 0 radical (unpaired) electrons. The van der Waals surface area contributed by atoms with Crippen LogP contribution in [0.1, 0.15) is 45.7 Å². The summed E-state index contributed by atoms with van der Waals surface area (Å²) in [6.07, 6.45) is -2.39. The van der Waals surface area contributed by atoms with Crippen LogP contribution in [0.2, 0.25) is 0 Å². The average Bonchev–Trinajstić information content (AvgIpc) is 3.23. The number of nitrogens with zero attached hydrogens (tertiary/aromatic N) is 3. The smallest absolute Gasteiger partial charge is 0.357 e. The van der Waals surface area contributed by atoms with E-state index in [1.807, 2.05) is 18.7 Å². The van der Waals surface area contributed by atoms with Crippen molar-refractivity contribution in [2.45, 2.75) is 45.2 Å². The lowest BCUT2D eigenvalue weighted by Gasteiger charge is -2.32. The van der Waals surface area contributed by atoms with Crippen LogP contribution in [0.25, 0.3) is 11.0 Å². The molecule has 3 aromatic heterocycles. The van der Waals surface area contributed by atoms with Crippen LogP contribution < -0.4 is 0 Å². The number of pyridine rings is 1. The molecule has 5 nitrogen and oxygen atoms in total. The van der Waals surface area contributed by atoms with E-state index < -0.39 is 11.9 Å². The molecule has 0 aliphatic carbocycles. The van der Waals surface area contributed by atoms with Gasteiger partial charge >= 0.3 is 6.18 Å². The molecular weight excluding hydrogens is 401 g/mol. The second kappa shape index (κ2) is 7.44. The third-order valence-corrected chi connectivity index (χ3v) is 6.38. The molecule has 1 N–H and O–H groups in total. The van der Waals surface area contributed by atoms with E-state index in [1.165, 1.54) is 6.07 Å². The molecule has 3 aromatic rings. The van der Waals surface area contributed by atoms with Crippen molar-refractivity contribution in [3.63, 3.8) is 0 Å². The van der Waals surface area contributed by atoms with Crippen molar-refractivity contribution < 1.29 is 18.0 Å². The Morgan fingerprint density at radius 2 is 2.10 bits per heavy atom. The van der Waals surface area contributed by atoms with Gasteiger partial charge in [-0.2, -0.15) is 13.2 Å². The molecule has 4 rings (SSSR count). The van der Waals surface area contributed by atoms with Gasteiger partial charge < -0.3 is 9.88 Å². The topological polar surface area (TPSA) is 61.9 Å². The minimum absolute atomic E-state index is 0.0560.